The van der Waals surface area contributed by atoms with Crippen LogP contribution in [0, 0.1) is 0 Å². The van der Waals surface area contributed by atoms with Gasteiger partial charge in [0.1, 0.15) is 12.4 Å². The van der Waals surface area contributed by atoms with Crippen LogP contribution in [0.2, 0.25) is 0 Å². The molecule has 1 rings (SSSR count). The number of aryl methyl sites for hydroxylation is 2. The van der Waals surface area contributed by atoms with Crippen LogP contribution in [-0.4, -0.2) is 29.5 Å². The SMILES string of the molecule is CCO.CCOP(=O)([O-])OCC.CC[n+]1ccn(C)c1. The molecule has 0 atom stereocenters. The fraction of sp³-hybridized carbons (Fsp3) is 0.750. The van der Waals surface area contributed by atoms with Gasteiger partial charge in [-0.05, 0) is 27.7 Å². The zero-order chi connectivity index (χ0) is 16.0. The lowest BCUT2D eigenvalue weighted by atomic mass is 10.7. The van der Waals surface area contributed by atoms with Gasteiger partial charge in [-0.1, -0.05) is 0 Å². The van der Waals surface area contributed by atoms with Crippen LogP contribution in [-0.2, 0) is 27.2 Å². The Kier molecular flexibility index (Phi) is 14.3. The summed E-state index contributed by atoms with van der Waals surface area (Å²) in [5, 5.41) is 7.57. The first-order valence-corrected chi connectivity index (χ1v) is 8.04. The zero-order valence-corrected chi connectivity index (χ0v) is 13.9. The highest BCUT2D eigenvalue weighted by Gasteiger charge is 2.04. The third kappa shape index (κ3) is 13.7. The van der Waals surface area contributed by atoms with Crippen molar-refractivity contribution in [3.8, 4) is 0 Å². The maximum absolute atomic E-state index is 10.4. The lowest BCUT2D eigenvalue weighted by Crippen LogP contribution is -2.28. The number of imidazole rings is 1. The van der Waals surface area contributed by atoms with Gasteiger partial charge in [-0.2, -0.15) is 0 Å². The molecule has 0 aliphatic carbocycles. The molecule has 0 radical (unpaired) electrons. The molecule has 0 fully saturated rings. The van der Waals surface area contributed by atoms with Crippen molar-refractivity contribution in [1.29, 1.82) is 0 Å². The Bertz CT molecular complexity index is 360. The summed E-state index contributed by atoms with van der Waals surface area (Å²) in [7, 11) is -1.92. The Morgan fingerprint density at radius 3 is 1.90 bits per heavy atom. The third-order valence-electron chi connectivity index (χ3n) is 1.76. The molecular weight excluding hydrogens is 283 g/mol. The molecule has 20 heavy (non-hydrogen) atoms. The second-order valence-corrected chi connectivity index (χ2v) is 4.92. The quantitative estimate of drug-likeness (QED) is 0.644. The van der Waals surface area contributed by atoms with Gasteiger partial charge in [-0.3, -0.25) is 4.57 Å². The average molecular weight is 310 g/mol. The Hall–Kier alpha value is -0.720. The Labute approximate surface area is 121 Å². The van der Waals surface area contributed by atoms with Crippen LogP contribution in [0.25, 0.3) is 0 Å². The molecular formula is C12H27N2O5P. The van der Waals surface area contributed by atoms with Gasteiger partial charge in [0, 0.05) is 6.61 Å². The summed E-state index contributed by atoms with van der Waals surface area (Å²) in [4.78, 5) is 10.4. The largest absolute Gasteiger partial charge is 0.756 e. The van der Waals surface area contributed by atoms with Crippen LogP contribution in [0.4, 0.5) is 0 Å². The Morgan fingerprint density at radius 2 is 1.70 bits per heavy atom. The van der Waals surface area contributed by atoms with Gasteiger partial charge in [-0.15, -0.1) is 0 Å². The first-order chi connectivity index (χ1) is 9.36. The molecule has 1 N–H and O–H groups in total. The monoisotopic (exact) mass is 310 g/mol. The number of rotatable bonds is 5. The van der Waals surface area contributed by atoms with E-state index in [1.807, 2.05) is 17.8 Å². The fourth-order valence-electron chi connectivity index (χ4n) is 1.04. The van der Waals surface area contributed by atoms with Gasteiger partial charge < -0.3 is 19.0 Å². The topological polar surface area (TPSA) is 87.6 Å². The maximum Gasteiger partial charge on any atom is 0.267 e. The molecule has 7 nitrogen and oxygen atoms in total. The number of phosphoric ester groups is 1. The van der Waals surface area contributed by atoms with Crippen LogP contribution in [0.3, 0.4) is 0 Å². The minimum atomic E-state index is -3.94. The molecule has 1 heterocycles. The van der Waals surface area contributed by atoms with Crippen molar-refractivity contribution in [2.75, 3.05) is 19.8 Å². The fourth-order valence-corrected chi connectivity index (χ4v) is 1.75. The average Bonchev–Trinajstić information content (AvgIpc) is 2.77. The van der Waals surface area contributed by atoms with Crippen molar-refractivity contribution in [1.82, 2.24) is 4.57 Å². The van der Waals surface area contributed by atoms with E-state index in [0.717, 1.165) is 6.54 Å². The molecule has 0 spiro atoms. The predicted octanol–water partition coefficient (Wildman–Crippen LogP) is 0.859. The van der Waals surface area contributed by atoms with Crippen molar-refractivity contribution >= 4 is 7.82 Å². The molecule has 1 aromatic rings. The molecule has 0 saturated heterocycles. The van der Waals surface area contributed by atoms with Crippen LogP contribution in [0.1, 0.15) is 27.7 Å². The van der Waals surface area contributed by atoms with E-state index in [1.165, 1.54) is 0 Å². The second-order valence-electron chi connectivity index (χ2n) is 3.51. The van der Waals surface area contributed by atoms with E-state index in [0.29, 0.717) is 0 Å². The van der Waals surface area contributed by atoms with Crippen LogP contribution < -0.4 is 9.46 Å². The minimum absolute atomic E-state index is 0.126. The molecule has 0 aliphatic heterocycles. The van der Waals surface area contributed by atoms with E-state index in [9.17, 15) is 9.46 Å². The Balaban J connectivity index is 0. The molecule has 8 heteroatoms. The van der Waals surface area contributed by atoms with Gasteiger partial charge in [0.2, 0.25) is 6.33 Å². The summed E-state index contributed by atoms with van der Waals surface area (Å²) >= 11 is 0. The number of hydrogen-bond donors (Lipinski definition) is 1. The van der Waals surface area contributed by atoms with Gasteiger partial charge in [0.25, 0.3) is 7.82 Å². The predicted molar refractivity (Wildman–Crippen MR) is 74.9 cm³/mol. The van der Waals surface area contributed by atoms with Crippen molar-refractivity contribution < 1.29 is 28.2 Å². The number of aromatic nitrogens is 2. The van der Waals surface area contributed by atoms with E-state index < -0.39 is 7.82 Å². The van der Waals surface area contributed by atoms with Gasteiger partial charge in [0.15, 0.2) is 0 Å². The normalized spacial score (nSPS) is 10.2. The van der Waals surface area contributed by atoms with Gasteiger partial charge >= 0.3 is 0 Å². The van der Waals surface area contributed by atoms with Crippen molar-refractivity contribution in [2.24, 2.45) is 7.05 Å². The molecule has 1 aromatic heterocycles. The first-order valence-electron chi connectivity index (χ1n) is 6.58. The third-order valence-corrected chi connectivity index (χ3v) is 2.91. The maximum atomic E-state index is 10.4. The molecule has 0 bridgehead atoms. The molecule has 0 aromatic carbocycles. The second kappa shape index (κ2) is 13.3. The van der Waals surface area contributed by atoms with Crippen LogP contribution in [0.15, 0.2) is 18.7 Å². The molecule has 0 unspecified atom stereocenters. The Morgan fingerprint density at radius 1 is 1.25 bits per heavy atom. The number of hydrogen-bond acceptors (Lipinski definition) is 5. The van der Waals surface area contributed by atoms with Crippen LogP contribution in [0.5, 0.6) is 0 Å². The molecule has 120 valence electrons. The van der Waals surface area contributed by atoms with E-state index >= 15 is 0 Å². The van der Waals surface area contributed by atoms with Crippen LogP contribution >= 0.6 is 7.82 Å². The minimum Gasteiger partial charge on any atom is -0.756 e. The van der Waals surface area contributed by atoms with E-state index in [4.69, 9.17) is 5.11 Å². The summed E-state index contributed by atoms with van der Waals surface area (Å²) in [5.74, 6) is 0. The van der Waals surface area contributed by atoms with Crippen molar-refractivity contribution in [3.63, 3.8) is 0 Å². The van der Waals surface area contributed by atoms with Crippen molar-refractivity contribution in [3.05, 3.63) is 18.7 Å². The van der Waals surface area contributed by atoms with Gasteiger partial charge in [0.05, 0.1) is 26.8 Å². The molecule has 0 aliphatic rings. The van der Waals surface area contributed by atoms with Gasteiger partial charge in [-0.25, -0.2) is 9.13 Å². The summed E-state index contributed by atoms with van der Waals surface area (Å²) in [5.41, 5.74) is 0. The van der Waals surface area contributed by atoms with E-state index in [-0.39, 0.29) is 19.8 Å². The summed E-state index contributed by atoms with van der Waals surface area (Å²) in [6.45, 7) is 8.54. The standard InChI is InChI=1S/C6H11N2.C4H11O4P.C2H6O/c1-3-8-5-4-7(2)6-8;1-3-7-9(5,6)8-4-2;1-2-3/h4-6H,3H2,1-2H3;3-4H2,1-2H3,(H,5,6);3H,2H2,1H3/q+1;;/p-1. The smallest absolute Gasteiger partial charge is 0.267 e. The zero-order valence-electron chi connectivity index (χ0n) is 13.0. The van der Waals surface area contributed by atoms with Crippen molar-refractivity contribution in [2.45, 2.75) is 34.2 Å². The number of aliphatic hydroxyl groups is 1. The van der Waals surface area contributed by atoms with E-state index in [1.54, 1.807) is 20.8 Å². The molecule has 0 amide bonds. The lowest BCUT2D eigenvalue weighted by Gasteiger charge is -2.20. The highest BCUT2D eigenvalue weighted by atomic mass is 31.2. The highest BCUT2D eigenvalue weighted by molar-refractivity contribution is 7.45. The number of aliphatic hydroxyl groups excluding tert-OH is 1. The first kappa shape index (κ1) is 21.6. The summed E-state index contributed by atoms with van der Waals surface area (Å²) in [6.07, 6.45) is 6.14. The number of phosphoric acid groups is 1. The highest BCUT2D eigenvalue weighted by Crippen LogP contribution is 2.37. The van der Waals surface area contributed by atoms with E-state index in [2.05, 4.69) is 33.1 Å². The number of nitrogens with zero attached hydrogens (tertiary/aromatic N) is 2. The molecule has 0 saturated carbocycles. The summed E-state index contributed by atoms with van der Waals surface area (Å²) < 4.78 is 23.1. The lowest BCUT2D eigenvalue weighted by molar-refractivity contribution is -0.693. The summed E-state index contributed by atoms with van der Waals surface area (Å²) in [6, 6.07) is 0.